The summed E-state index contributed by atoms with van der Waals surface area (Å²) in [5, 5.41) is 0. The van der Waals surface area contributed by atoms with Gasteiger partial charge in [0.05, 0.1) is 6.33 Å². The Bertz CT molecular complexity index is 513. The van der Waals surface area contributed by atoms with Gasteiger partial charge in [-0.05, 0) is 50.0 Å². The highest BCUT2D eigenvalue weighted by Gasteiger charge is 2.21. The first-order valence-electron chi connectivity index (χ1n) is 7.26. The van der Waals surface area contributed by atoms with Crippen molar-refractivity contribution in [3.63, 3.8) is 0 Å². The lowest BCUT2D eigenvalue weighted by atomic mass is 9.94. The fourth-order valence-corrected chi connectivity index (χ4v) is 2.90. The number of nitrogens with one attached hydrogen (secondary N) is 1. The molecule has 0 saturated carbocycles. The minimum Gasteiger partial charge on any atom is -0.348 e. The molecule has 1 aliphatic rings. The lowest BCUT2D eigenvalue weighted by Gasteiger charge is -2.31. The highest BCUT2D eigenvalue weighted by molar-refractivity contribution is 5.16. The Morgan fingerprint density at radius 3 is 2.60 bits per heavy atom. The number of benzene rings is 1. The zero-order valence-corrected chi connectivity index (χ0v) is 11.6. The Hall–Kier alpha value is -1.68. The van der Waals surface area contributed by atoms with Crippen LogP contribution in [0.2, 0.25) is 0 Å². The predicted molar refractivity (Wildman–Crippen MR) is 77.1 cm³/mol. The second-order valence-electron chi connectivity index (χ2n) is 5.50. The molecule has 0 bridgehead atoms. The summed E-state index contributed by atoms with van der Waals surface area (Å²) in [6.07, 6.45) is 7.07. The number of piperidine rings is 1. The fourth-order valence-electron chi connectivity index (χ4n) is 2.90. The van der Waals surface area contributed by atoms with Gasteiger partial charge in [0.2, 0.25) is 0 Å². The molecule has 1 N–H and O–H groups in total. The molecule has 4 heteroatoms. The van der Waals surface area contributed by atoms with Gasteiger partial charge in [-0.25, -0.2) is 9.37 Å². The van der Waals surface area contributed by atoms with Crippen molar-refractivity contribution in [2.75, 3.05) is 19.6 Å². The van der Waals surface area contributed by atoms with Crippen molar-refractivity contribution in [2.45, 2.75) is 25.2 Å². The standard InChI is InChI=1S/C16H20FN3/c17-15-3-1-13(2-4-15)5-8-20-9-6-14(7-10-20)16-11-18-12-19-16/h1-4,11-12,14H,5-10H2,(H,18,19). The molecule has 106 valence electrons. The van der Waals surface area contributed by atoms with E-state index < -0.39 is 0 Å². The topological polar surface area (TPSA) is 31.9 Å². The first-order valence-corrected chi connectivity index (χ1v) is 7.26. The first-order chi connectivity index (χ1) is 9.81. The van der Waals surface area contributed by atoms with Gasteiger partial charge in [0.15, 0.2) is 0 Å². The molecule has 3 rings (SSSR count). The maximum atomic E-state index is 12.8. The van der Waals surface area contributed by atoms with Crippen LogP contribution in [0.25, 0.3) is 0 Å². The van der Waals surface area contributed by atoms with Crippen LogP contribution in [-0.4, -0.2) is 34.5 Å². The van der Waals surface area contributed by atoms with E-state index in [0.29, 0.717) is 5.92 Å². The molecule has 0 amide bonds. The van der Waals surface area contributed by atoms with Gasteiger partial charge < -0.3 is 9.88 Å². The van der Waals surface area contributed by atoms with Crippen LogP contribution in [0, 0.1) is 5.82 Å². The Morgan fingerprint density at radius 1 is 1.20 bits per heavy atom. The van der Waals surface area contributed by atoms with Crippen LogP contribution in [0.1, 0.15) is 30.0 Å². The number of nitrogens with zero attached hydrogens (tertiary/aromatic N) is 2. The number of likely N-dealkylation sites (tertiary alicyclic amines) is 1. The van der Waals surface area contributed by atoms with Crippen molar-refractivity contribution in [1.29, 1.82) is 0 Å². The maximum Gasteiger partial charge on any atom is 0.123 e. The van der Waals surface area contributed by atoms with Crippen molar-refractivity contribution >= 4 is 0 Å². The number of aromatic nitrogens is 2. The van der Waals surface area contributed by atoms with Crippen LogP contribution in [0.5, 0.6) is 0 Å². The van der Waals surface area contributed by atoms with Crippen molar-refractivity contribution in [2.24, 2.45) is 0 Å². The average Bonchev–Trinajstić information content (AvgIpc) is 3.01. The third kappa shape index (κ3) is 3.25. The van der Waals surface area contributed by atoms with E-state index in [4.69, 9.17) is 0 Å². The molecule has 2 heterocycles. The van der Waals surface area contributed by atoms with E-state index in [0.717, 1.165) is 26.1 Å². The molecule has 0 aliphatic carbocycles. The number of aromatic amines is 1. The number of hydrogen-bond acceptors (Lipinski definition) is 2. The zero-order valence-electron chi connectivity index (χ0n) is 11.6. The number of hydrogen-bond donors (Lipinski definition) is 1. The van der Waals surface area contributed by atoms with Crippen molar-refractivity contribution in [3.05, 3.63) is 53.9 Å². The molecule has 2 aromatic rings. The smallest absolute Gasteiger partial charge is 0.123 e. The van der Waals surface area contributed by atoms with E-state index in [9.17, 15) is 4.39 Å². The SMILES string of the molecule is Fc1ccc(CCN2CCC(c3cnc[nH]3)CC2)cc1. The molecule has 0 radical (unpaired) electrons. The summed E-state index contributed by atoms with van der Waals surface area (Å²) in [7, 11) is 0. The Balaban J connectivity index is 1.45. The van der Waals surface area contributed by atoms with Gasteiger partial charge >= 0.3 is 0 Å². The van der Waals surface area contributed by atoms with Crippen LogP contribution < -0.4 is 0 Å². The molecule has 1 aromatic carbocycles. The molecule has 1 aromatic heterocycles. The molecule has 1 aliphatic heterocycles. The molecule has 1 fully saturated rings. The number of halogens is 1. The molecule has 0 unspecified atom stereocenters. The minimum absolute atomic E-state index is 0.158. The van der Waals surface area contributed by atoms with E-state index in [1.807, 2.05) is 18.3 Å². The summed E-state index contributed by atoms with van der Waals surface area (Å²) in [5.41, 5.74) is 2.48. The number of rotatable bonds is 4. The van der Waals surface area contributed by atoms with E-state index in [-0.39, 0.29) is 5.82 Å². The normalized spacial score (nSPS) is 17.4. The zero-order chi connectivity index (χ0) is 13.8. The average molecular weight is 273 g/mol. The van der Waals surface area contributed by atoms with Crippen molar-refractivity contribution < 1.29 is 4.39 Å². The first kappa shape index (κ1) is 13.3. The van der Waals surface area contributed by atoms with Gasteiger partial charge in [0, 0.05) is 24.4 Å². The van der Waals surface area contributed by atoms with E-state index >= 15 is 0 Å². The van der Waals surface area contributed by atoms with Gasteiger partial charge in [-0.1, -0.05) is 12.1 Å². The molecule has 0 spiro atoms. The van der Waals surface area contributed by atoms with Gasteiger partial charge in [-0.2, -0.15) is 0 Å². The maximum absolute atomic E-state index is 12.8. The molecule has 0 atom stereocenters. The van der Waals surface area contributed by atoms with Gasteiger partial charge in [-0.15, -0.1) is 0 Å². The van der Waals surface area contributed by atoms with Crippen LogP contribution in [0.3, 0.4) is 0 Å². The molecule has 20 heavy (non-hydrogen) atoms. The number of imidazole rings is 1. The molecule has 1 saturated heterocycles. The summed E-state index contributed by atoms with van der Waals surface area (Å²) in [6, 6.07) is 6.85. The molecule has 3 nitrogen and oxygen atoms in total. The van der Waals surface area contributed by atoms with Crippen molar-refractivity contribution in [1.82, 2.24) is 14.9 Å². The minimum atomic E-state index is -0.158. The second-order valence-corrected chi connectivity index (χ2v) is 5.50. The monoisotopic (exact) mass is 273 g/mol. The van der Waals surface area contributed by atoms with Crippen LogP contribution in [0.4, 0.5) is 4.39 Å². The lowest BCUT2D eigenvalue weighted by Crippen LogP contribution is -2.34. The number of H-pyrrole nitrogens is 1. The van der Waals surface area contributed by atoms with Crippen LogP contribution in [0.15, 0.2) is 36.8 Å². The summed E-state index contributed by atoms with van der Waals surface area (Å²) >= 11 is 0. The third-order valence-electron chi connectivity index (χ3n) is 4.18. The fraction of sp³-hybridized carbons (Fsp3) is 0.438. The van der Waals surface area contributed by atoms with Gasteiger partial charge in [-0.3, -0.25) is 0 Å². The highest BCUT2D eigenvalue weighted by Crippen LogP contribution is 2.26. The third-order valence-corrected chi connectivity index (χ3v) is 4.18. The van der Waals surface area contributed by atoms with E-state index in [1.54, 1.807) is 18.5 Å². The quantitative estimate of drug-likeness (QED) is 0.928. The Kier molecular flexibility index (Phi) is 4.11. The van der Waals surface area contributed by atoms with E-state index in [2.05, 4.69) is 14.9 Å². The highest BCUT2D eigenvalue weighted by atomic mass is 19.1. The largest absolute Gasteiger partial charge is 0.348 e. The summed E-state index contributed by atoms with van der Waals surface area (Å²) < 4.78 is 12.8. The molecular weight excluding hydrogens is 253 g/mol. The van der Waals surface area contributed by atoms with Crippen LogP contribution in [-0.2, 0) is 6.42 Å². The van der Waals surface area contributed by atoms with Crippen molar-refractivity contribution in [3.8, 4) is 0 Å². The predicted octanol–water partition coefficient (Wildman–Crippen LogP) is 2.97. The Labute approximate surface area is 118 Å². The molecular formula is C16H20FN3. The van der Waals surface area contributed by atoms with E-state index in [1.165, 1.54) is 24.1 Å². The van der Waals surface area contributed by atoms with Crippen LogP contribution >= 0.6 is 0 Å². The summed E-state index contributed by atoms with van der Waals surface area (Å²) in [6.45, 7) is 3.32. The van der Waals surface area contributed by atoms with Gasteiger partial charge in [0.1, 0.15) is 5.82 Å². The summed E-state index contributed by atoms with van der Waals surface area (Å²) in [4.78, 5) is 9.82. The second kappa shape index (κ2) is 6.18. The Morgan fingerprint density at radius 2 is 1.95 bits per heavy atom. The lowest BCUT2D eigenvalue weighted by molar-refractivity contribution is 0.213. The summed E-state index contributed by atoms with van der Waals surface area (Å²) in [5.74, 6) is 0.466. The van der Waals surface area contributed by atoms with Gasteiger partial charge in [0.25, 0.3) is 0 Å².